The molecule has 7 nitrogen and oxygen atoms in total. The quantitative estimate of drug-likeness (QED) is 0.595. The van der Waals surface area contributed by atoms with Crippen molar-refractivity contribution in [2.45, 2.75) is 18.9 Å². The molecule has 0 radical (unpaired) electrons. The van der Waals surface area contributed by atoms with E-state index in [0.29, 0.717) is 25.5 Å². The van der Waals surface area contributed by atoms with Crippen molar-refractivity contribution >= 4 is 11.9 Å². The number of nitrogens with one attached hydrogen (secondary N) is 2. The van der Waals surface area contributed by atoms with Gasteiger partial charge in [0.25, 0.3) is 5.91 Å². The van der Waals surface area contributed by atoms with Gasteiger partial charge in [0.1, 0.15) is 5.82 Å². The minimum Gasteiger partial charge on any atom is -0.360 e. The average molecular weight is 394 g/mol. The van der Waals surface area contributed by atoms with Gasteiger partial charge < -0.3 is 20.9 Å². The number of rotatable bonds is 6. The van der Waals surface area contributed by atoms with Crippen LogP contribution in [0.4, 0.5) is 10.3 Å². The summed E-state index contributed by atoms with van der Waals surface area (Å²) in [5.41, 5.74) is 8.19. The zero-order chi connectivity index (χ0) is 20.2. The number of H-pyrrole nitrogens is 1. The van der Waals surface area contributed by atoms with Gasteiger partial charge in [-0.1, -0.05) is 6.07 Å². The van der Waals surface area contributed by atoms with E-state index < -0.39 is 11.7 Å². The first-order valence-corrected chi connectivity index (χ1v) is 9.65. The van der Waals surface area contributed by atoms with Crippen LogP contribution >= 0.6 is 0 Å². The standard InChI is InChI=1S/C21H23FN6O/c22-17-4-3-14(5-8-23)12-16(17)20(29)26-15-7-11-28(13-15)21-25-10-6-19(27-21)18-2-1-9-24-18/h1-4,6,9-10,12,15,24H,5,7-8,11,13,23H2,(H,26,29). The van der Waals surface area contributed by atoms with Gasteiger partial charge in [-0.25, -0.2) is 14.4 Å². The van der Waals surface area contributed by atoms with Gasteiger partial charge >= 0.3 is 0 Å². The molecule has 0 spiro atoms. The number of hydrogen-bond donors (Lipinski definition) is 3. The van der Waals surface area contributed by atoms with Crippen molar-refractivity contribution in [1.29, 1.82) is 0 Å². The smallest absolute Gasteiger partial charge is 0.254 e. The zero-order valence-corrected chi connectivity index (χ0v) is 15.9. The molecule has 0 aliphatic carbocycles. The summed E-state index contributed by atoms with van der Waals surface area (Å²) in [5.74, 6) is -0.320. The van der Waals surface area contributed by atoms with Gasteiger partial charge in [-0.2, -0.15) is 0 Å². The van der Waals surface area contributed by atoms with Gasteiger partial charge in [-0.05, 0) is 55.3 Å². The third-order valence-corrected chi connectivity index (χ3v) is 5.03. The molecule has 150 valence electrons. The molecule has 1 amide bonds. The van der Waals surface area contributed by atoms with Gasteiger partial charge in [-0.3, -0.25) is 4.79 Å². The molecule has 4 rings (SSSR count). The third-order valence-electron chi connectivity index (χ3n) is 5.03. The number of carbonyl (C=O) groups excluding carboxylic acids is 1. The summed E-state index contributed by atoms with van der Waals surface area (Å²) >= 11 is 0. The lowest BCUT2D eigenvalue weighted by molar-refractivity contribution is 0.0936. The van der Waals surface area contributed by atoms with Crippen molar-refractivity contribution in [2.24, 2.45) is 5.73 Å². The predicted molar refractivity (Wildman–Crippen MR) is 109 cm³/mol. The third kappa shape index (κ3) is 4.27. The summed E-state index contributed by atoms with van der Waals surface area (Å²) in [6.07, 6.45) is 4.92. The number of nitrogens with two attached hydrogens (primary N) is 1. The van der Waals surface area contributed by atoms with Gasteiger partial charge in [-0.15, -0.1) is 0 Å². The molecule has 0 saturated carbocycles. The Morgan fingerprint density at radius 3 is 3.03 bits per heavy atom. The second kappa shape index (κ2) is 8.40. The summed E-state index contributed by atoms with van der Waals surface area (Å²) in [7, 11) is 0. The van der Waals surface area contributed by atoms with E-state index >= 15 is 0 Å². The zero-order valence-electron chi connectivity index (χ0n) is 15.9. The van der Waals surface area contributed by atoms with E-state index in [1.165, 1.54) is 6.07 Å². The summed E-state index contributed by atoms with van der Waals surface area (Å²) < 4.78 is 14.1. The lowest BCUT2D eigenvalue weighted by Crippen LogP contribution is -2.37. The molecule has 8 heteroatoms. The Balaban J connectivity index is 1.42. The Labute approximate surface area is 168 Å². The highest BCUT2D eigenvalue weighted by Gasteiger charge is 2.27. The van der Waals surface area contributed by atoms with Crippen molar-refractivity contribution < 1.29 is 9.18 Å². The number of anilines is 1. The lowest BCUT2D eigenvalue weighted by Gasteiger charge is -2.17. The van der Waals surface area contributed by atoms with Crippen molar-refractivity contribution in [3.8, 4) is 11.4 Å². The van der Waals surface area contributed by atoms with Crippen molar-refractivity contribution in [2.75, 3.05) is 24.5 Å². The monoisotopic (exact) mass is 394 g/mol. The molecular weight excluding hydrogens is 371 g/mol. The Morgan fingerprint density at radius 1 is 1.34 bits per heavy atom. The number of aromatic nitrogens is 3. The van der Waals surface area contributed by atoms with E-state index in [9.17, 15) is 9.18 Å². The van der Waals surface area contributed by atoms with Crippen LogP contribution in [0, 0.1) is 5.82 Å². The van der Waals surface area contributed by atoms with Crippen LogP contribution < -0.4 is 16.0 Å². The molecule has 3 heterocycles. The maximum atomic E-state index is 14.1. The Bertz CT molecular complexity index is 991. The van der Waals surface area contributed by atoms with Crippen LogP contribution in [-0.2, 0) is 6.42 Å². The first-order chi connectivity index (χ1) is 14.1. The Morgan fingerprint density at radius 2 is 2.24 bits per heavy atom. The van der Waals surface area contributed by atoms with Crippen molar-refractivity contribution in [1.82, 2.24) is 20.3 Å². The summed E-state index contributed by atoms with van der Waals surface area (Å²) in [5, 5.41) is 2.93. The number of benzene rings is 1. The number of halogens is 1. The van der Waals surface area contributed by atoms with E-state index in [4.69, 9.17) is 5.73 Å². The molecule has 3 aromatic rings. The van der Waals surface area contributed by atoms with Crippen molar-refractivity contribution in [3.05, 3.63) is 65.7 Å². The molecule has 1 aliphatic rings. The molecule has 29 heavy (non-hydrogen) atoms. The number of aromatic amines is 1. The molecule has 0 bridgehead atoms. The fourth-order valence-corrected chi connectivity index (χ4v) is 3.53. The fraction of sp³-hybridized carbons (Fsp3) is 0.286. The number of amides is 1. The molecule has 1 atom stereocenters. The number of nitrogens with zero attached hydrogens (tertiary/aromatic N) is 3. The van der Waals surface area contributed by atoms with E-state index in [2.05, 4.69) is 20.3 Å². The van der Waals surface area contributed by atoms with Crippen molar-refractivity contribution in [3.63, 3.8) is 0 Å². The molecule has 4 N–H and O–H groups in total. The van der Waals surface area contributed by atoms with E-state index in [0.717, 1.165) is 29.9 Å². The van der Waals surface area contributed by atoms with Crippen LogP contribution in [0.25, 0.3) is 11.4 Å². The second-order valence-corrected chi connectivity index (χ2v) is 7.08. The SMILES string of the molecule is NCCc1ccc(F)c(C(=O)NC2CCN(c3nccc(-c4ccc[nH]4)n3)C2)c1. The largest absolute Gasteiger partial charge is 0.360 e. The summed E-state index contributed by atoms with van der Waals surface area (Å²) in [6, 6.07) is 10.2. The molecule has 1 aromatic carbocycles. The summed E-state index contributed by atoms with van der Waals surface area (Å²) in [6.45, 7) is 1.74. The maximum Gasteiger partial charge on any atom is 0.254 e. The fourth-order valence-electron chi connectivity index (χ4n) is 3.53. The van der Waals surface area contributed by atoms with Gasteiger partial charge in [0.05, 0.1) is 17.0 Å². The first-order valence-electron chi connectivity index (χ1n) is 9.65. The molecule has 1 fully saturated rings. The van der Waals surface area contributed by atoms with Crippen LogP contribution in [-0.4, -0.2) is 46.5 Å². The molecule has 1 aliphatic heterocycles. The Hall–Kier alpha value is -3.26. The van der Waals surface area contributed by atoms with E-state index in [1.807, 2.05) is 29.3 Å². The number of hydrogen-bond acceptors (Lipinski definition) is 5. The highest BCUT2D eigenvalue weighted by Crippen LogP contribution is 2.21. The van der Waals surface area contributed by atoms with Crippen LogP contribution in [0.5, 0.6) is 0 Å². The maximum absolute atomic E-state index is 14.1. The van der Waals surface area contributed by atoms with Gasteiger partial charge in [0.15, 0.2) is 0 Å². The molecule has 1 saturated heterocycles. The predicted octanol–water partition coefficient (Wildman–Crippen LogP) is 2.12. The average Bonchev–Trinajstić information content (AvgIpc) is 3.42. The van der Waals surface area contributed by atoms with Gasteiger partial charge in [0.2, 0.25) is 5.95 Å². The minimum atomic E-state index is -0.528. The second-order valence-electron chi connectivity index (χ2n) is 7.08. The van der Waals surface area contributed by atoms with Gasteiger partial charge in [0, 0.05) is 31.5 Å². The molecule has 1 unspecified atom stereocenters. The first kappa shape index (κ1) is 19.1. The normalized spacial score (nSPS) is 16.2. The number of carbonyl (C=O) groups is 1. The lowest BCUT2D eigenvalue weighted by atomic mass is 10.1. The highest BCUT2D eigenvalue weighted by atomic mass is 19.1. The summed E-state index contributed by atoms with van der Waals surface area (Å²) in [4.78, 5) is 26.7. The Kier molecular flexibility index (Phi) is 5.53. The van der Waals surface area contributed by atoms with E-state index in [-0.39, 0.29) is 11.6 Å². The molecule has 2 aromatic heterocycles. The van der Waals surface area contributed by atoms with Crippen LogP contribution in [0.3, 0.4) is 0 Å². The van der Waals surface area contributed by atoms with Crippen LogP contribution in [0.15, 0.2) is 48.8 Å². The molecular formula is C21H23FN6O. The van der Waals surface area contributed by atoms with Crippen LogP contribution in [0.2, 0.25) is 0 Å². The highest BCUT2D eigenvalue weighted by molar-refractivity contribution is 5.95. The topological polar surface area (TPSA) is 99.9 Å². The van der Waals surface area contributed by atoms with Crippen LogP contribution in [0.1, 0.15) is 22.3 Å². The minimum absolute atomic E-state index is 0.0550. The van der Waals surface area contributed by atoms with E-state index in [1.54, 1.807) is 18.3 Å².